The molecule has 2 bridgehead atoms. The summed E-state index contributed by atoms with van der Waals surface area (Å²) in [4.78, 5) is 0. The molecule has 0 radical (unpaired) electrons. The normalized spacial score (nSPS) is 50.2. The molecule has 0 amide bonds. The minimum absolute atomic E-state index is 0.118. The average molecular weight is 645 g/mol. The minimum Gasteiger partial charge on any atom is -0.487 e. The van der Waals surface area contributed by atoms with E-state index in [0.29, 0.717) is 17.8 Å². The van der Waals surface area contributed by atoms with Crippen LogP contribution in [-0.4, -0.2) is 82.2 Å². The van der Waals surface area contributed by atoms with Crippen LogP contribution in [-0.2, 0) is 18.9 Å². The molecule has 3 saturated carbocycles. The highest BCUT2D eigenvalue weighted by Crippen LogP contribution is 2.79. The molecule has 14 atom stereocenters. The molecule has 2 heterocycles. The molecule has 6 rings (SSSR count). The van der Waals surface area contributed by atoms with Crippen LogP contribution in [0.4, 0.5) is 0 Å². The Kier molecular flexibility index (Phi) is 8.57. The van der Waals surface area contributed by atoms with Gasteiger partial charge < -0.3 is 39.4 Å². The molecule has 2 saturated heterocycles. The number of hydrogen-bond acceptors (Lipinski definition) is 8. The fourth-order valence-electron chi connectivity index (χ4n) is 11.6. The predicted octanol–water partition coefficient (Wildman–Crippen LogP) is 5.29. The number of methoxy groups -OCH3 is 1. The monoisotopic (exact) mass is 644 g/mol. The van der Waals surface area contributed by atoms with Gasteiger partial charge in [-0.2, -0.15) is 0 Å². The Labute approximate surface area is 276 Å². The second-order valence-electron chi connectivity index (χ2n) is 17.3. The van der Waals surface area contributed by atoms with E-state index in [2.05, 4.69) is 79.3 Å². The van der Waals surface area contributed by atoms with Crippen LogP contribution in [0.1, 0.15) is 93.4 Å². The molecule has 0 unspecified atom stereocenters. The average Bonchev–Trinajstić information content (AvgIpc) is 3.37. The first-order valence-electron chi connectivity index (χ1n) is 17.7. The second kappa shape index (κ2) is 11.4. The van der Waals surface area contributed by atoms with Crippen LogP contribution < -0.4 is 0 Å². The van der Waals surface area contributed by atoms with Gasteiger partial charge in [-0.05, 0) is 93.5 Å². The summed E-state index contributed by atoms with van der Waals surface area (Å²) in [6.45, 7) is 20.3. The largest absolute Gasteiger partial charge is 0.487 e. The van der Waals surface area contributed by atoms with E-state index < -0.39 is 48.3 Å². The maximum atomic E-state index is 10.8. The summed E-state index contributed by atoms with van der Waals surface area (Å²) in [6.07, 6.45) is 9.82. The lowest BCUT2D eigenvalue weighted by atomic mass is 9.38. The third-order valence-electron chi connectivity index (χ3n) is 14.8. The SMILES string of the molecule is C=C1O[C@]23C=C[C@@H]4[C@@]1(CC[C@]1(C)[C@@H]([C@H](C)C/C=C/C(C)(C)OC)CC[C@@]41C)[C@@H]2CC[C@H](O[C@@H]1O[C@H](CO)[C@@H](O)[C@H](O)[C@H]1O)C3(C)C. The van der Waals surface area contributed by atoms with Crippen molar-refractivity contribution in [1.82, 2.24) is 0 Å². The summed E-state index contributed by atoms with van der Waals surface area (Å²) in [6, 6.07) is 0. The van der Waals surface area contributed by atoms with Gasteiger partial charge in [-0.15, -0.1) is 0 Å². The molecule has 1 spiro atoms. The number of hydrogen-bond donors (Lipinski definition) is 4. The molecule has 5 fully saturated rings. The topological polar surface area (TPSA) is 118 Å². The molecular formula is C38H60O8. The first-order chi connectivity index (χ1) is 21.5. The summed E-state index contributed by atoms with van der Waals surface area (Å²) in [7, 11) is 1.77. The molecule has 260 valence electrons. The van der Waals surface area contributed by atoms with Crippen LogP contribution in [0.25, 0.3) is 0 Å². The van der Waals surface area contributed by atoms with Crippen LogP contribution in [0.2, 0.25) is 0 Å². The third kappa shape index (κ3) is 4.56. The Balaban J connectivity index is 1.27. The summed E-state index contributed by atoms with van der Waals surface area (Å²) in [5.74, 6) is 2.72. The number of allylic oxidation sites excluding steroid dienone is 3. The molecular weight excluding hydrogens is 584 g/mol. The first kappa shape index (κ1) is 34.6. The summed E-state index contributed by atoms with van der Waals surface area (Å²) in [5, 5.41) is 41.2. The first-order valence-corrected chi connectivity index (χ1v) is 17.7. The fourth-order valence-corrected chi connectivity index (χ4v) is 11.6. The van der Waals surface area contributed by atoms with Crippen molar-refractivity contribution in [2.75, 3.05) is 13.7 Å². The van der Waals surface area contributed by atoms with Crippen LogP contribution in [0.3, 0.4) is 0 Å². The maximum absolute atomic E-state index is 10.8. The number of fused-ring (bicyclic) bond motifs is 2. The van der Waals surface area contributed by atoms with Crippen molar-refractivity contribution in [2.45, 2.75) is 141 Å². The summed E-state index contributed by atoms with van der Waals surface area (Å²) in [5.41, 5.74) is -1.20. The number of rotatable bonds is 8. The van der Waals surface area contributed by atoms with E-state index in [-0.39, 0.29) is 33.9 Å². The zero-order chi connectivity index (χ0) is 33.7. The van der Waals surface area contributed by atoms with Gasteiger partial charge in [0, 0.05) is 23.9 Å². The number of ether oxygens (including phenoxy) is 4. The van der Waals surface area contributed by atoms with Crippen LogP contribution in [0.15, 0.2) is 36.6 Å². The molecule has 4 aliphatic carbocycles. The minimum atomic E-state index is -1.47. The van der Waals surface area contributed by atoms with Gasteiger partial charge in [0.25, 0.3) is 0 Å². The Morgan fingerprint density at radius 3 is 2.41 bits per heavy atom. The molecule has 4 N–H and O–H groups in total. The van der Waals surface area contributed by atoms with E-state index in [0.717, 1.165) is 37.9 Å². The van der Waals surface area contributed by atoms with Gasteiger partial charge in [-0.3, -0.25) is 0 Å². The van der Waals surface area contributed by atoms with Gasteiger partial charge in [-0.1, -0.05) is 59.4 Å². The van der Waals surface area contributed by atoms with Crippen LogP contribution in [0, 0.1) is 45.3 Å². The molecule has 2 aliphatic heterocycles. The van der Waals surface area contributed by atoms with Crippen molar-refractivity contribution in [1.29, 1.82) is 0 Å². The van der Waals surface area contributed by atoms with Crippen molar-refractivity contribution in [2.24, 2.45) is 45.3 Å². The molecule has 0 aromatic rings. The van der Waals surface area contributed by atoms with Gasteiger partial charge in [0.05, 0.1) is 24.1 Å². The van der Waals surface area contributed by atoms with Gasteiger partial charge >= 0.3 is 0 Å². The quantitative estimate of drug-likeness (QED) is 0.264. The van der Waals surface area contributed by atoms with Gasteiger partial charge in [0.15, 0.2) is 6.29 Å². The zero-order valence-corrected chi connectivity index (χ0v) is 29.4. The molecule has 46 heavy (non-hydrogen) atoms. The number of aliphatic hydroxyl groups excluding tert-OH is 4. The lowest BCUT2D eigenvalue weighted by Gasteiger charge is -2.64. The Morgan fingerprint density at radius 1 is 1.02 bits per heavy atom. The van der Waals surface area contributed by atoms with E-state index >= 15 is 0 Å². The van der Waals surface area contributed by atoms with Crippen molar-refractivity contribution in [3.8, 4) is 0 Å². The lowest BCUT2D eigenvalue weighted by molar-refractivity contribution is -0.329. The zero-order valence-electron chi connectivity index (χ0n) is 29.4. The van der Waals surface area contributed by atoms with Crippen molar-refractivity contribution < 1.29 is 39.4 Å². The highest BCUT2D eigenvalue weighted by molar-refractivity contribution is 5.40. The summed E-state index contributed by atoms with van der Waals surface area (Å²) < 4.78 is 24.9. The molecule has 8 heteroatoms. The van der Waals surface area contributed by atoms with Crippen LogP contribution >= 0.6 is 0 Å². The Morgan fingerprint density at radius 2 is 1.74 bits per heavy atom. The van der Waals surface area contributed by atoms with E-state index in [9.17, 15) is 20.4 Å². The molecule has 0 aromatic heterocycles. The fraction of sp³-hybridized carbons (Fsp3) is 0.842. The molecule has 0 aromatic carbocycles. The predicted molar refractivity (Wildman–Crippen MR) is 175 cm³/mol. The van der Waals surface area contributed by atoms with Gasteiger partial charge in [0.1, 0.15) is 30.0 Å². The van der Waals surface area contributed by atoms with E-state index in [1.54, 1.807) is 7.11 Å². The standard InChI is InChI=1S/C38H60O8/c1-22(11-10-16-33(3,4)43-9)24-14-17-36(8)26-15-18-38-27(37(26,23(2)46-38)20-19-35(24,36)7)12-13-28(34(38,5)6)45-32-31(42)30(41)29(40)25(21-39)44-32/h10,15-16,18,22,24-32,39-42H,2,11-14,17,19-21H2,1,3-9H3/b16-10+/t22-,24-,25-,26+,27+,28+,29-,30+,31-,32+,35-,36+,37+,38-/m1/s1. The van der Waals surface area contributed by atoms with Crippen molar-refractivity contribution >= 4 is 0 Å². The Bertz CT molecular complexity index is 1240. The van der Waals surface area contributed by atoms with Crippen molar-refractivity contribution in [3.63, 3.8) is 0 Å². The second-order valence-corrected chi connectivity index (χ2v) is 17.3. The molecule has 6 aliphatic rings. The summed E-state index contributed by atoms with van der Waals surface area (Å²) >= 11 is 0. The van der Waals surface area contributed by atoms with Crippen LogP contribution in [0.5, 0.6) is 0 Å². The van der Waals surface area contributed by atoms with E-state index in [1.807, 2.05) is 0 Å². The van der Waals surface area contributed by atoms with Gasteiger partial charge in [0.2, 0.25) is 0 Å². The van der Waals surface area contributed by atoms with Crippen molar-refractivity contribution in [3.05, 3.63) is 36.6 Å². The third-order valence-corrected chi connectivity index (χ3v) is 14.8. The van der Waals surface area contributed by atoms with E-state index in [1.165, 1.54) is 12.8 Å². The maximum Gasteiger partial charge on any atom is 0.186 e. The highest BCUT2D eigenvalue weighted by Gasteiger charge is 2.77. The highest BCUT2D eigenvalue weighted by atomic mass is 16.7. The molecule has 8 nitrogen and oxygen atoms in total. The lowest BCUT2D eigenvalue weighted by Crippen LogP contribution is -2.66. The van der Waals surface area contributed by atoms with Gasteiger partial charge in [-0.25, -0.2) is 0 Å². The Hall–Kier alpha value is -1.26. The number of aliphatic hydroxyl groups is 4. The van der Waals surface area contributed by atoms with E-state index in [4.69, 9.17) is 18.9 Å². The smallest absolute Gasteiger partial charge is 0.186 e.